The molecule has 2 aromatic carbocycles. The second-order valence-corrected chi connectivity index (χ2v) is 4.68. The minimum absolute atomic E-state index is 0.141. The predicted molar refractivity (Wildman–Crippen MR) is 76.5 cm³/mol. The van der Waals surface area contributed by atoms with Gasteiger partial charge >= 0.3 is 5.97 Å². The summed E-state index contributed by atoms with van der Waals surface area (Å²) in [6, 6.07) is 13.5. The smallest absolute Gasteiger partial charge is 0.336 e. The number of hydrogen-bond donors (Lipinski definition) is 2. The van der Waals surface area contributed by atoms with Gasteiger partial charge in [-0.2, -0.15) is 0 Å². The molecule has 0 aliphatic carbocycles. The largest absolute Gasteiger partial charge is 0.478 e. The van der Waals surface area contributed by atoms with E-state index >= 15 is 0 Å². The summed E-state index contributed by atoms with van der Waals surface area (Å²) in [6.07, 6.45) is 0. The third kappa shape index (κ3) is 2.45. The van der Waals surface area contributed by atoms with Crippen molar-refractivity contribution in [2.24, 2.45) is 0 Å². The molecule has 2 aromatic rings. The maximum absolute atomic E-state index is 11.1. The Bertz CT molecular complexity index is 606. The van der Waals surface area contributed by atoms with E-state index in [-0.39, 0.29) is 11.5 Å². The second kappa shape index (κ2) is 5.14. The number of carboxylic acid groups (broad SMARTS) is 1. The highest BCUT2D eigenvalue weighted by Gasteiger charge is 2.16. The molecule has 0 heterocycles. The topological polar surface area (TPSA) is 63.3 Å². The summed E-state index contributed by atoms with van der Waals surface area (Å²) < 4.78 is 0. The van der Waals surface area contributed by atoms with Crippen LogP contribution in [0.25, 0.3) is 0 Å². The first kappa shape index (κ1) is 13.1. The molecule has 98 valence electrons. The number of benzene rings is 2. The van der Waals surface area contributed by atoms with Gasteiger partial charge in [0.25, 0.3) is 0 Å². The Kier molecular flexibility index (Phi) is 3.56. The summed E-state index contributed by atoms with van der Waals surface area (Å²) in [5, 5.41) is 9.08. The van der Waals surface area contributed by atoms with Gasteiger partial charge in [-0.3, -0.25) is 0 Å². The van der Waals surface area contributed by atoms with Crippen molar-refractivity contribution < 1.29 is 9.90 Å². The highest BCUT2D eigenvalue weighted by Crippen LogP contribution is 2.31. The van der Waals surface area contributed by atoms with Gasteiger partial charge in [-0.25, -0.2) is 4.79 Å². The fraction of sp³-hybridized carbons (Fsp3) is 0.188. The van der Waals surface area contributed by atoms with Crippen molar-refractivity contribution >= 4 is 11.7 Å². The highest BCUT2D eigenvalue weighted by molar-refractivity contribution is 5.91. The van der Waals surface area contributed by atoms with E-state index in [2.05, 4.69) is 6.92 Å². The molecule has 3 nitrogen and oxygen atoms in total. The first-order chi connectivity index (χ1) is 9.02. The van der Waals surface area contributed by atoms with Crippen LogP contribution in [-0.4, -0.2) is 11.1 Å². The number of rotatable bonds is 3. The number of anilines is 1. The van der Waals surface area contributed by atoms with Crippen molar-refractivity contribution in [1.29, 1.82) is 0 Å². The average molecular weight is 255 g/mol. The molecule has 0 radical (unpaired) electrons. The summed E-state index contributed by atoms with van der Waals surface area (Å²) in [6.45, 7) is 3.82. The molecular formula is C16H17NO2. The first-order valence-corrected chi connectivity index (χ1v) is 6.19. The number of nitrogen functional groups attached to an aromatic ring is 1. The van der Waals surface area contributed by atoms with Gasteiger partial charge in [0.05, 0.1) is 5.56 Å². The summed E-state index contributed by atoms with van der Waals surface area (Å²) >= 11 is 0. The fourth-order valence-corrected chi connectivity index (χ4v) is 2.28. The van der Waals surface area contributed by atoms with Crippen LogP contribution >= 0.6 is 0 Å². The average Bonchev–Trinajstić information content (AvgIpc) is 2.41. The Morgan fingerprint density at radius 2 is 1.79 bits per heavy atom. The lowest BCUT2D eigenvalue weighted by atomic mass is 9.89. The van der Waals surface area contributed by atoms with E-state index in [1.54, 1.807) is 13.0 Å². The maximum Gasteiger partial charge on any atom is 0.336 e. The molecule has 0 amide bonds. The minimum atomic E-state index is -0.942. The molecule has 0 aliphatic heterocycles. The number of carbonyl (C=O) groups is 1. The molecule has 3 N–H and O–H groups in total. The van der Waals surface area contributed by atoms with Gasteiger partial charge in [-0.05, 0) is 29.7 Å². The Balaban J connectivity index is 2.47. The monoisotopic (exact) mass is 255 g/mol. The van der Waals surface area contributed by atoms with E-state index in [1.807, 2.05) is 36.4 Å². The predicted octanol–water partition coefficient (Wildman–Crippen LogP) is 3.43. The summed E-state index contributed by atoms with van der Waals surface area (Å²) in [5.41, 5.74) is 9.69. The molecule has 19 heavy (non-hydrogen) atoms. The molecule has 0 saturated carbocycles. The molecule has 3 heteroatoms. The zero-order chi connectivity index (χ0) is 14.0. The Hall–Kier alpha value is -2.29. The second-order valence-electron chi connectivity index (χ2n) is 4.68. The van der Waals surface area contributed by atoms with Gasteiger partial charge in [0.2, 0.25) is 0 Å². The lowest BCUT2D eigenvalue weighted by Gasteiger charge is -2.17. The van der Waals surface area contributed by atoms with Crippen molar-refractivity contribution in [3.63, 3.8) is 0 Å². The van der Waals surface area contributed by atoms with Crippen LogP contribution in [0.1, 0.15) is 39.9 Å². The molecule has 2 rings (SSSR count). The van der Waals surface area contributed by atoms with E-state index in [1.165, 1.54) is 0 Å². The number of nitrogens with two attached hydrogens (primary N) is 1. The van der Waals surface area contributed by atoms with Gasteiger partial charge in [0.1, 0.15) is 0 Å². The third-order valence-corrected chi connectivity index (χ3v) is 3.55. The SMILES string of the molecule is Cc1c(C(=O)O)ccc(C(C)c2ccccc2)c1N. The summed E-state index contributed by atoms with van der Waals surface area (Å²) in [4.78, 5) is 11.1. The van der Waals surface area contributed by atoms with Crippen molar-refractivity contribution in [2.45, 2.75) is 19.8 Å². The lowest BCUT2D eigenvalue weighted by molar-refractivity contribution is 0.0696. The normalized spacial score (nSPS) is 12.1. The van der Waals surface area contributed by atoms with E-state index in [4.69, 9.17) is 10.8 Å². The van der Waals surface area contributed by atoms with Crippen LogP contribution in [0, 0.1) is 6.92 Å². The van der Waals surface area contributed by atoms with Crippen molar-refractivity contribution in [3.8, 4) is 0 Å². The maximum atomic E-state index is 11.1. The summed E-state index contributed by atoms with van der Waals surface area (Å²) in [5.74, 6) is -0.800. The molecule has 0 bridgehead atoms. The first-order valence-electron chi connectivity index (χ1n) is 6.19. The van der Waals surface area contributed by atoms with E-state index in [9.17, 15) is 4.79 Å². The van der Waals surface area contributed by atoms with Crippen molar-refractivity contribution in [3.05, 3.63) is 64.7 Å². The molecule has 0 aromatic heterocycles. The Labute approximate surface area is 112 Å². The van der Waals surface area contributed by atoms with Gasteiger partial charge in [0.15, 0.2) is 0 Å². The van der Waals surface area contributed by atoms with E-state index < -0.39 is 5.97 Å². The third-order valence-electron chi connectivity index (χ3n) is 3.55. The lowest BCUT2D eigenvalue weighted by Crippen LogP contribution is -2.08. The van der Waals surface area contributed by atoms with Crippen molar-refractivity contribution in [2.75, 3.05) is 5.73 Å². The molecule has 0 fully saturated rings. The van der Waals surface area contributed by atoms with E-state index in [0.717, 1.165) is 11.1 Å². The quantitative estimate of drug-likeness (QED) is 0.826. The van der Waals surface area contributed by atoms with Gasteiger partial charge < -0.3 is 10.8 Å². The number of aromatic carboxylic acids is 1. The Morgan fingerprint density at radius 1 is 1.16 bits per heavy atom. The van der Waals surface area contributed by atoms with Crippen LogP contribution in [0.4, 0.5) is 5.69 Å². The van der Waals surface area contributed by atoms with Crippen LogP contribution in [0.15, 0.2) is 42.5 Å². The molecule has 0 saturated heterocycles. The molecule has 0 spiro atoms. The van der Waals surface area contributed by atoms with Crippen LogP contribution < -0.4 is 5.73 Å². The molecular weight excluding hydrogens is 238 g/mol. The van der Waals surface area contributed by atoms with Crippen molar-refractivity contribution in [1.82, 2.24) is 0 Å². The number of hydrogen-bond acceptors (Lipinski definition) is 2. The number of carboxylic acids is 1. The molecule has 1 atom stereocenters. The zero-order valence-electron chi connectivity index (χ0n) is 11.1. The van der Waals surface area contributed by atoms with Gasteiger partial charge in [-0.1, -0.05) is 43.3 Å². The van der Waals surface area contributed by atoms with E-state index in [0.29, 0.717) is 11.3 Å². The highest BCUT2D eigenvalue weighted by atomic mass is 16.4. The van der Waals surface area contributed by atoms with Gasteiger partial charge in [-0.15, -0.1) is 0 Å². The van der Waals surface area contributed by atoms with Crippen LogP contribution in [-0.2, 0) is 0 Å². The standard InChI is InChI=1S/C16H17NO2/c1-10(12-6-4-3-5-7-12)13-8-9-14(16(18)19)11(2)15(13)17/h3-10H,17H2,1-2H3,(H,18,19). The van der Waals surface area contributed by atoms with Crippen LogP contribution in [0.3, 0.4) is 0 Å². The minimum Gasteiger partial charge on any atom is -0.478 e. The van der Waals surface area contributed by atoms with Crippen LogP contribution in [0.2, 0.25) is 0 Å². The molecule has 0 aliphatic rings. The van der Waals surface area contributed by atoms with Gasteiger partial charge in [0, 0.05) is 11.6 Å². The fourth-order valence-electron chi connectivity index (χ4n) is 2.28. The Morgan fingerprint density at radius 3 is 2.37 bits per heavy atom. The van der Waals surface area contributed by atoms with Crippen LogP contribution in [0.5, 0.6) is 0 Å². The molecule has 1 unspecified atom stereocenters. The zero-order valence-corrected chi connectivity index (χ0v) is 11.1. The summed E-state index contributed by atoms with van der Waals surface area (Å²) in [7, 11) is 0.